The van der Waals surface area contributed by atoms with E-state index in [1.54, 1.807) is 36.4 Å². The third-order valence-corrected chi connectivity index (χ3v) is 4.57. The molecular weight excluding hydrogens is 370 g/mol. The summed E-state index contributed by atoms with van der Waals surface area (Å²) in [6.45, 7) is 0.287. The van der Waals surface area contributed by atoms with E-state index in [0.717, 1.165) is 22.2 Å². The number of nitrogens with one attached hydrogen (secondary N) is 1. The first kappa shape index (κ1) is 19.2. The fraction of sp³-hybridized carbons (Fsp3) is 0.0455. The molecule has 0 bridgehead atoms. The van der Waals surface area contributed by atoms with Gasteiger partial charge in [0.05, 0.1) is 6.54 Å². The van der Waals surface area contributed by atoms with Crippen LogP contribution in [0.2, 0.25) is 0 Å². The van der Waals surface area contributed by atoms with Crippen molar-refractivity contribution >= 4 is 35.0 Å². The van der Waals surface area contributed by atoms with Crippen LogP contribution < -0.4 is 10.2 Å². The number of hydrogen-bond donors (Lipinski definition) is 1. The lowest BCUT2D eigenvalue weighted by Crippen LogP contribution is -2.39. The summed E-state index contributed by atoms with van der Waals surface area (Å²) >= 11 is 1.03. The lowest BCUT2D eigenvalue weighted by molar-refractivity contribution is -0.134. The molecule has 0 spiro atoms. The van der Waals surface area contributed by atoms with Crippen molar-refractivity contribution in [2.75, 3.05) is 10.2 Å². The molecule has 0 aliphatic heterocycles. The standard InChI is InChI=1S/C22H17N3O2S/c23-16-28-20-13-11-18(12-14-20)24-21(26)22(27)25(19-9-5-2-6-10-19)15-17-7-3-1-4-8-17/h1-14H,15H2,(H,24,26). The summed E-state index contributed by atoms with van der Waals surface area (Å²) in [6.07, 6.45) is 0. The molecule has 0 fully saturated rings. The van der Waals surface area contributed by atoms with Crippen molar-refractivity contribution in [1.82, 2.24) is 0 Å². The molecule has 6 heteroatoms. The summed E-state index contributed by atoms with van der Waals surface area (Å²) in [4.78, 5) is 27.7. The number of nitriles is 1. The topological polar surface area (TPSA) is 73.2 Å². The number of anilines is 2. The number of thiocyanates is 1. The first-order valence-electron chi connectivity index (χ1n) is 8.55. The zero-order chi connectivity index (χ0) is 19.8. The molecule has 3 rings (SSSR count). The minimum Gasteiger partial charge on any atom is -0.318 e. The highest BCUT2D eigenvalue weighted by atomic mass is 32.2. The summed E-state index contributed by atoms with van der Waals surface area (Å²) in [5, 5.41) is 13.3. The van der Waals surface area contributed by atoms with Crippen LogP contribution in [-0.2, 0) is 16.1 Å². The molecular formula is C22H17N3O2S. The molecule has 0 heterocycles. The van der Waals surface area contributed by atoms with Gasteiger partial charge < -0.3 is 5.32 Å². The van der Waals surface area contributed by atoms with Gasteiger partial charge >= 0.3 is 11.8 Å². The number of thioether (sulfide) groups is 1. The summed E-state index contributed by atoms with van der Waals surface area (Å²) < 4.78 is 0. The van der Waals surface area contributed by atoms with E-state index in [9.17, 15) is 9.59 Å². The summed E-state index contributed by atoms with van der Waals surface area (Å²) in [5.41, 5.74) is 2.06. The minimum atomic E-state index is -0.722. The van der Waals surface area contributed by atoms with Gasteiger partial charge in [-0.05, 0) is 53.7 Å². The number of carbonyl (C=O) groups is 2. The molecule has 2 amide bonds. The fourth-order valence-corrected chi connectivity index (χ4v) is 3.00. The van der Waals surface area contributed by atoms with Gasteiger partial charge in [-0.25, -0.2) is 0 Å². The molecule has 0 radical (unpaired) electrons. The second-order valence-corrected chi connectivity index (χ2v) is 6.74. The highest BCUT2D eigenvalue weighted by Gasteiger charge is 2.23. The van der Waals surface area contributed by atoms with Crippen LogP contribution in [0.3, 0.4) is 0 Å². The molecule has 0 unspecified atom stereocenters. The highest BCUT2D eigenvalue weighted by molar-refractivity contribution is 8.03. The van der Waals surface area contributed by atoms with E-state index >= 15 is 0 Å². The van der Waals surface area contributed by atoms with E-state index in [1.165, 1.54) is 4.90 Å². The van der Waals surface area contributed by atoms with E-state index in [4.69, 9.17) is 5.26 Å². The van der Waals surface area contributed by atoms with E-state index in [-0.39, 0.29) is 6.54 Å². The van der Waals surface area contributed by atoms with Gasteiger partial charge in [0.25, 0.3) is 0 Å². The largest absolute Gasteiger partial charge is 0.318 e. The fourth-order valence-electron chi connectivity index (χ4n) is 2.62. The van der Waals surface area contributed by atoms with Crippen LogP contribution in [0.4, 0.5) is 11.4 Å². The van der Waals surface area contributed by atoms with Crippen LogP contribution in [0, 0.1) is 10.7 Å². The predicted octanol–water partition coefficient (Wildman–Crippen LogP) is 4.43. The van der Waals surface area contributed by atoms with E-state index in [1.807, 2.05) is 53.9 Å². The first-order chi connectivity index (χ1) is 13.7. The first-order valence-corrected chi connectivity index (χ1v) is 9.37. The van der Waals surface area contributed by atoms with Crippen LogP contribution in [-0.4, -0.2) is 11.8 Å². The third kappa shape index (κ3) is 5.00. The number of rotatable bonds is 5. The average molecular weight is 387 g/mol. The third-order valence-electron chi connectivity index (χ3n) is 3.97. The lowest BCUT2D eigenvalue weighted by atomic mass is 10.2. The Morgan fingerprint density at radius 1 is 0.893 bits per heavy atom. The number of amides is 2. The van der Waals surface area contributed by atoms with Gasteiger partial charge in [-0.1, -0.05) is 48.5 Å². The molecule has 0 saturated carbocycles. The van der Waals surface area contributed by atoms with Crippen LogP contribution in [0.5, 0.6) is 0 Å². The molecule has 0 aromatic heterocycles. The Morgan fingerprint density at radius 2 is 1.50 bits per heavy atom. The van der Waals surface area contributed by atoms with E-state index < -0.39 is 11.8 Å². The molecule has 0 saturated heterocycles. The maximum absolute atomic E-state index is 12.9. The van der Waals surface area contributed by atoms with Gasteiger partial charge in [-0.2, -0.15) is 5.26 Å². The van der Waals surface area contributed by atoms with Gasteiger partial charge in [0.1, 0.15) is 5.40 Å². The predicted molar refractivity (Wildman–Crippen MR) is 111 cm³/mol. The average Bonchev–Trinajstić information content (AvgIpc) is 2.74. The van der Waals surface area contributed by atoms with Crippen molar-refractivity contribution in [3.63, 3.8) is 0 Å². The molecule has 5 nitrogen and oxygen atoms in total. The van der Waals surface area contributed by atoms with Crippen molar-refractivity contribution in [3.8, 4) is 5.40 Å². The smallest absolute Gasteiger partial charge is 0.316 e. The summed E-state index contributed by atoms with van der Waals surface area (Å²) in [6, 6.07) is 25.4. The molecule has 138 valence electrons. The van der Waals surface area contributed by atoms with Gasteiger partial charge in [-0.3, -0.25) is 14.5 Å². The number of benzene rings is 3. The van der Waals surface area contributed by atoms with Crippen LogP contribution in [0.25, 0.3) is 0 Å². The molecule has 3 aromatic rings. The van der Waals surface area contributed by atoms with Crippen molar-refractivity contribution in [2.24, 2.45) is 0 Å². The monoisotopic (exact) mass is 387 g/mol. The maximum Gasteiger partial charge on any atom is 0.316 e. The minimum absolute atomic E-state index is 0.287. The van der Waals surface area contributed by atoms with Crippen LogP contribution in [0.1, 0.15) is 5.56 Å². The van der Waals surface area contributed by atoms with Gasteiger partial charge in [-0.15, -0.1) is 0 Å². The summed E-state index contributed by atoms with van der Waals surface area (Å²) in [7, 11) is 0. The molecule has 3 aromatic carbocycles. The molecule has 0 atom stereocenters. The quantitative estimate of drug-likeness (QED) is 0.399. The van der Waals surface area contributed by atoms with Gasteiger partial charge in [0.15, 0.2) is 0 Å². The highest BCUT2D eigenvalue weighted by Crippen LogP contribution is 2.20. The second kappa shape index (κ2) is 9.40. The second-order valence-electron chi connectivity index (χ2n) is 5.88. The van der Waals surface area contributed by atoms with E-state index in [2.05, 4.69) is 5.32 Å². The number of para-hydroxylation sites is 1. The Kier molecular flexibility index (Phi) is 6.45. The summed E-state index contributed by atoms with van der Waals surface area (Å²) in [5.74, 6) is -1.37. The Labute approximate surface area is 167 Å². The number of nitrogens with zero attached hydrogens (tertiary/aromatic N) is 2. The Hall–Kier alpha value is -3.56. The van der Waals surface area contributed by atoms with E-state index in [0.29, 0.717) is 11.4 Å². The van der Waals surface area contributed by atoms with Crippen LogP contribution in [0.15, 0.2) is 89.8 Å². The van der Waals surface area contributed by atoms with Crippen molar-refractivity contribution < 1.29 is 9.59 Å². The molecule has 0 aliphatic carbocycles. The Bertz CT molecular complexity index is 984. The maximum atomic E-state index is 12.9. The lowest BCUT2D eigenvalue weighted by Gasteiger charge is -2.22. The molecule has 0 aliphatic rings. The molecule has 28 heavy (non-hydrogen) atoms. The number of hydrogen-bond acceptors (Lipinski definition) is 4. The van der Waals surface area contributed by atoms with Crippen molar-refractivity contribution in [1.29, 1.82) is 5.26 Å². The Balaban J connectivity index is 1.78. The van der Waals surface area contributed by atoms with Crippen LogP contribution >= 0.6 is 11.8 Å². The molecule has 1 N–H and O–H groups in total. The number of carbonyl (C=O) groups excluding carboxylic acids is 2. The Morgan fingerprint density at radius 3 is 2.11 bits per heavy atom. The van der Waals surface area contributed by atoms with Gasteiger partial charge in [0.2, 0.25) is 0 Å². The van der Waals surface area contributed by atoms with Crippen molar-refractivity contribution in [3.05, 3.63) is 90.5 Å². The zero-order valence-electron chi connectivity index (χ0n) is 14.9. The SMILES string of the molecule is N#CSc1ccc(NC(=O)C(=O)N(Cc2ccccc2)c2ccccc2)cc1. The zero-order valence-corrected chi connectivity index (χ0v) is 15.7. The normalized spacial score (nSPS) is 9.96. The van der Waals surface area contributed by atoms with Gasteiger partial charge in [0, 0.05) is 16.3 Å². The van der Waals surface area contributed by atoms with Crippen molar-refractivity contribution in [2.45, 2.75) is 11.4 Å².